The molecule has 6 heteroatoms. The van der Waals surface area contributed by atoms with Gasteiger partial charge < -0.3 is 15.4 Å². The van der Waals surface area contributed by atoms with E-state index >= 15 is 0 Å². The third-order valence-electron chi connectivity index (χ3n) is 2.43. The Hall–Kier alpha value is -2.21. The summed E-state index contributed by atoms with van der Waals surface area (Å²) in [5.41, 5.74) is -0.00660. The molecule has 0 aliphatic rings. The topological polar surface area (TPSA) is 78.0 Å². The van der Waals surface area contributed by atoms with E-state index in [0.717, 1.165) is 0 Å². The zero-order valence-electron chi connectivity index (χ0n) is 9.70. The van der Waals surface area contributed by atoms with E-state index in [9.17, 15) is 14.3 Å². The molecule has 5 nitrogen and oxygen atoms in total. The summed E-state index contributed by atoms with van der Waals surface area (Å²) < 4.78 is 12.8. The van der Waals surface area contributed by atoms with Gasteiger partial charge in [-0.1, -0.05) is 12.1 Å². The quantitative estimate of drug-likeness (QED) is 0.758. The molecule has 2 rings (SSSR count). The molecule has 0 saturated heterocycles. The zero-order valence-corrected chi connectivity index (χ0v) is 9.70. The predicted octanol–water partition coefficient (Wildman–Crippen LogP) is 1.00. The third-order valence-corrected chi connectivity index (χ3v) is 2.43. The predicted molar refractivity (Wildman–Crippen MR) is 64.7 cm³/mol. The van der Waals surface area contributed by atoms with Crippen molar-refractivity contribution < 1.29 is 9.50 Å². The van der Waals surface area contributed by atoms with E-state index in [1.807, 2.05) is 0 Å². The van der Waals surface area contributed by atoms with Crippen LogP contribution in [0.4, 0.5) is 4.39 Å². The molecule has 0 bridgehead atoms. The fourth-order valence-corrected chi connectivity index (χ4v) is 1.63. The van der Waals surface area contributed by atoms with Crippen LogP contribution in [0.15, 0.2) is 29.1 Å². The fraction of sp³-hybridized carbons (Fsp3) is 0.167. The average molecular weight is 249 g/mol. The van der Waals surface area contributed by atoms with Crippen molar-refractivity contribution in [1.29, 1.82) is 0 Å². The summed E-state index contributed by atoms with van der Waals surface area (Å²) in [5.74, 6) is -0.434. The maximum Gasteiger partial charge on any atom is 0.262 e. The van der Waals surface area contributed by atoms with Crippen LogP contribution in [-0.2, 0) is 6.54 Å². The van der Waals surface area contributed by atoms with Gasteiger partial charge in [0.15, 0.2) is 0 Å². The van der Waals surface area contributed by atoms with E-state index in [1.165, 1.54) is 24.3 Å². The van der Waals surface area contributed by atoms with Gasteiger partial charge in [-0.25, -0.2) is 4.39 Å². The molecule has 0 saturated carbocycles. The Morgan fingerprint density at radius 1 is 1.39 bits per heavy atom. The Morgan fingerprint density at radius 3 is 2.61 bits per heavy atom. The maximum absolute atomic E-state index is 12.8. The van der Waals surface area contributed by atoms with Crippen molar-refractivity contribution in [3.63, 3.8) is 0 Å². The van der Waals surface area contributed by atoms with Crippen molar-refractivity contribution in [2.45, 2.75) is 6.54 Å². The van der Waals surface area contributed by atoms with Gasteiger partial charge in [0.1, 0.15) is 17.2 Å². The third kappa shape index (κ3) is 2.38. The summed E-state index contributed by atoms with van der Waals surface area (Å²) in [7, 11) is 1.70. The van der Waals surface area contributed by atoms with E-state index in [1.54, 1.807) is 7.05 Å². The number of nitrogens with zero attached hydrogens (tertiary/aromatic N) is 1. The molecule has 0 aliphatic heterocycles. The lowest BCUT2D eigenvalue weighted by molar-refractivity contribution is 0.449. The van der Waals surface area contributed by atoms with Gasteiger partial charge in [-0.15, -0.1) is 0 Å². The van der Waals surface area contributed by atoms with Crippen LogP contribution in [0.2, 0.25) is 0 Å². The number of rotatable bonds is 3. The minimum Gasteiger partial charge on any atom is -0.493 e. The molecule has 0 aliphatic carbocycles. The second-order valence-electron chi connectivity index (χ2n) is 3.75. The highest BCUT2D eigenvalue weighted by molar-refractivity contribution is 5.66. The highest BCUT2D eigenvalue weighted by atomic mass is 19.1. The van der Waals surface area contributed by atoms with Crippen LogP contribution in [0.3, 0.4) is 0 Å². The molecule has 1 aromatic heterocycles. The molecule has 0 spiro atoms. The lowest BCUT2D eigenvalue weighted by Crippen LogP contribution is -2.17. The SMILES string of the molecule is CNCc1nc(O)c(-c2ccc(F)cc2)c(=O)[nH]1. The van der Waals surface area contributed by atoms with Gasteiger partial charge in [0.25, 0.3) is 5.56 Å². The molecule has 3 N–H and O–H groups in total. The second-order valence-corrected chi connectivity index (χ2v) is 3.75. The first-order valence-corrected chi connectivity index (χ1v) is 5.34. The van der Waals surface area contributed by atoms with Crippen molar-refractivity contribution in [2.24, 2.45) is 0 Å². The normalized spacial score (nSPS) is 10.6. The first kappa shape index (κ1) is 12.3. The van der Waals surface area contributed by atoms with Crippen LogP contribution in [0.5, 0.6) is 5.88 Å². The highest BCUT2D eigenvalue weighted by Gasteiger charge is 2.12. The summed E-state index contributed by atoms with van der Waals surface area (Å²) in [6.45, 7) is 0.340. The monoisotopic (exact) mass is 249 g/mol. The molecular weight excluding hydrogens is 237 g/mol. The Labute approximate surface area is 102 Å². The van der Waals surface area contributed by atoms with E-state index in [0.29, 0.717) is 17.9 Å². The molecule has 1 heterocycles. The molecule has 0 amide bonds. The minimum atomic E-state index is -0.459. The summed E-state index contributed by atoms with van der Waals surface area (Å²) >= 11 is 0. The van der Waals surface area contributed by atoms with Gasteiger partial charge >= 0.3 is 0 Å². The summed E-state index contributed by atoms with van der Waals surface area (Å²) in [6, 6.07) is 5.27. The minimum absolute atomic E-state index is 0.0369. The lowest BCUT2D eigenvalue weighted by Gasteiger charge is -2.05. The standard InChI is InChI=1S/C12H12FN3O2/c1-14-6-9-15-11(17)10(12(18)16-9)7-2-4-8(13)5-3-7/h2-5,14H,6H2,1H3,(H2,15,16,17,18). The number of aromatic nitrogens is 2. The molecule has 94 valence electrons. The van der Waals surface area contributed by atoms with E-state index in [-0.39, 0.29) is 11.4 Å². The van der Waals surface area contributed by atoms with Gasteiger partial charge in [0.2, 0.25) is 5.88 Å². The molecule has 0 atom stereocenters. The van der Waals surface area contributed by atoms with Crippen LogP contribution in [0, 0.1) is 5.82 Å². The van der Waals surface area contributed by atoms with E-state index in [2.05, 4.69) is 15.3 Å². The maximum atomic E-state index is 12.8. The Kier molecular flexibility index (Phi) is 3.38. The van der Waals surface area contributed by atoms with Crippen molar-refractivity contribution >= 4 is 0 Å². The number of H-pyrrole nitrogens is 1. The van der Waals surface area contributed by atoms with Gasteiger partial charge in [0, 0.05) is 0 Å². The van der Waals surface area contributed by atoms with Gasteiger partial charge in [-0.05, 0) is 24.7 Å². The van der Waals surface area contributed by atoms with Crippen LogP contribution in [-0.4, -0.2) is 22.1 Å². The number of hydrogen-bond donors (Lipinski definition) is 3. The molecular formula is C12H12FN3O2. The Balaban J connectivity index is 2.52. The summed E-state index contributed by atoms with van der Waals surface area (Å²) in [6.07, 6.45) is 0. The second kappa shape index (κ2) is 4.97. The first-order chi connectivity index (χ1) is 8.61. The number of aromatic hydroxyl groups is 1. The number of halogens is 1. The summed E-state index contributed by atoms with van der Waals surface area (Å²) in [5, 5.41) is 12.6. The van der Waals surface area contributed by atoms with Crippen molar-refractivity contribution in [3.05, 3.63) is 46.3 Å². The van der Waals surface area contributed by atoms with Crippen molar-refractivity contribution in [2.75, 3.05) is 7.05 Å². The van der Waals surface area contributed by atoms with Gasteiger partial charge in [-0.2, -0.15) is 4.98 Å². The average Bonchev–Trinajstić information content (AvgIpc) is 2.31. The largest absolute Gasteiger partial charge is 0.493 e. The number of nitrogens with one attached hydrogen (secondary N) is 2. The molecule has 0 fully saturated rings. The molecule has 1 aromatic carbocycles. The smallest absolute Gasteiger partial charge is 0.262 e. The van der Waals surface area contributed by atoms with Crippen molar-refractivity contribution in [1.82, 2.24) is 15.3 Å². The Morgan fingerprint density at radius 2 is 2.06 bits per heavy atom. The molecule has 18 heavy (non-hydrogen) atoms. The number of hydrogen-bond acceptors (Lipinski definition) is 4. The number of aromatic amines is 1. The van der Waals surface area contributed by atoms with Gasteiger partial charge in [-0.3, -0.25) is 4.79 Å². The first-order valence-electron chi connectivity index (χ1n) is 5.34. The van der Waals surface area contributed by atoms with E-state index < -0.39 is 11.4 Å². The van der Waals surface area contributed by atoms with Crippen LogP contribution < -0.4 is 10.9 Å². The van der Waals surface area contributed by atoms with Gasteiger partial charge in [0.05, 0.1) is 6.54 Å². The molecule has 0 radical (unpaired) electrons. The Bertz CT molecular complexity index is 608. The van der Waals surface area contributed by atoms with Crippen molar-refractivity contribution in [3.8, 4) is 17.0 Å². The fourth-order valence-electron chi connectivity index (χ4n) is 1.63. The van der Waals surface area contributed by atoms with Crippen LogP contribution in [0.25, 0.3) is 11.1 Å². The lowest BCUT2D eigenvalue weighted by atomic mass is 10.1. The molecule has 2 aromatic rings. The zero-order chi connectivity index (χ0) is 13.1. The number of benzene rings is 1. The highest BCUT2D eigenvalue weighted by Crippen LogP contribution is 2.23. The van der Waals surface area contributed by atoms with E-state index in [4.69, 9.17) is 0 Å². The molecule has 0 unspecified atom stereocenters. The van der Waals surface area contributed by atoms with Crippen LogP contribution in [0.1, 0.15) is 5.82 Å². The van der Waals surface area contributed by atoms with Crippen LogP contribution >= 0.6 is 0 Å². The summed E-state index contributed by atoms with van der Waals surface area (Å²) in [4.78, 5) is 18.3.